The van der Waals surface area contributed by atoms with Gasteiger partial charge in [-0.1, -0.05) is 18.2 Å². The number of ether oxygens (including phenoxy) is 1. The molecule has 12 heteroatoms. The lowest BCUT2D eigenvalue weighted by molar-refractivity contribution is -0.174. The standard InChI is InChI=1S/C16H16F3N3O6/c17-16(18,19)14(25)20-7-11(23)22-8-10(6-12(22)28-15(26)27)21-13(24)9-4-2-1-3-5-9/h1-5,10,12H,6-8H2,(H,20,25)(H,21,24)(H,26,27)/t10-,12+/m1/s1. The molecule has 0 aromatic heterocycles. The lowest BCUT2D eigenvalue weighted by Crippen LogP contribution is -2.47. The van der Waals surface area contributed by atoms with Crippen LogP contribution in [0, 0.1) is 0 Å². The maximum absolute atomic E-state index is 12.2. The highest BCUT2D eigenvalue weighted by Crippen LogP contribution is 2.20. The summed E-state index contributed by atoms with van der Waals surface area (Å²) >= 11 is 0. The van der Waals surface area contributed by atoms with Gasteiger partial charge in [-0.15, -0.1) is 0 Å². The van der Waals surface area contributed by atoms with Crippen LogP contribution >= 0.6 is 0 Å². The molecule has 1 aliphatic heterocycles. The Balaban J connectivity index is 2.01. The fourth-order valence-electron chi connectivity index (χ4n) is 2.61. The number of benzene rings is 1. The highest BCUT2D eigenvalue weighted by atomic mass is 19.4. The topological polar surface area (TPSA) is 125 Å². The number of hydrogen-bond acceptors (Lipinski definition) is 5. The second kappa shape index (κ2) is 8.59. The van der Waals surface area contributed by atoms with E-state index in [1.54, 1.807) is 30.3 Å². The second-order valence-electron chi connectivity index (χ2n) is 5.84. The van der Waals surface area contributed by atoms with Gasteiger partial charge in [-0.2, -0.15) is 13.2 Å². The second-order valence-corrected chi connectivity index (χ2v) is 5.84. The predicted octanol–water partition coefficient (Wildman–Crippen LogP) is 0.716. The molecule has 9 nitrogen and oxygen atoms in total. The van der Waals surface area contributed by atoms with Crippen molar-refractivity contribution in [1.82, 2.24) is 15.5 Å². The molecule has 0 unspecified atom stereocenters. The van der Waals surface area contributed by atoms with E-state index in [9.17, 15) is 32.3 Å². The van der Waals surface area contributed by atoms with Crippen molar-refractivity contribution in [3.05, 3.63) is 35.9 Å². The van der Waals surface area contributed by atoms with Gasteiger partial charge in [0.15, 0.2) is 6.23 Å². The van der Waals surface area contributed by atoms with Gasteiger partial charge in [0.1, 0.15) is 0 Å². The summed E-state index contributed by atoms with van der Waals surface area (Å²) in [5.74, 6) is -3.76. The van der Waals surface area contributed by atoms with Gasteiger partial charge in [0.05, 0.1) is 12.6 Å². The summed E-state index contributed by atoms with van der Waals surface area (Å²) in [6.07, 6.45) is -8.26. The van der Waals surface area contributed by atoms with Gasteiger partial charge in [-0.05, 0) is 12.1 Å². The van der Waals surface area contributed by atoms with Gasteiger partial charge in [0, 0.05) is 18.5 Å². The Kier molecular flexibility index (Phi) is 6.44. The Labute approximate surface area is 156 Å². The molecule has 1 saturated heterocycles. The Bertz CT molecular complexity index is 756. The molecule has 0 radical (unpaired) electrons. The maximum atomic E-state index is 12.2. The van der Waals surface area contributed by atoms with Crippen LogP contribution in [0.2, 0.25) is 0 Å². The highest BCUT2D eigenvalue weighted by molar-refractivity contribution is 5.94. The minimum absolute atomic E-state index is 0.0934. The average Bonchev–Trinajstić information content (AvgIpc) is 3.00. The van der Waals surface area contributed by atoms with E-state index in [0.29, 0.717) is 5.56 Å². The number of halogens is 3. The Morgan fingerprint density at radius 2 is 1.82 bits per heavy atom. The number of rotatable bonds is 5. The van der Waals surface area contributed by atoms with Crippen LogP contribution in [0.25, 0.3) is 0 Å². The summed E-state index contributed by atoms with van der Waals surface area (Å²) in [5.41, 5.74) is 0.334. The maximum Gasteiger partial charge on any atom is 0.507 e. The third kappa shape index (κ3) is 5.59. The number of carboxylic acid groups (broad SMARTS) is 1. The first kappa shape index (κ1) is 21.0. The minimum Gasteiger partial charge on any atom is -0.450 e. The summed E-state index contributed by atoms with van der Waals surface area (Å²) in [6, 6.07) is 7.38. The molecule has 0 bridgehead atoms. The van der Waals surface area contributed by atoms with Crippen molar-refractivity contribution < 1.29 is 42.2 Å². The lowest BCUT2D eigenvalue weighted by Gasteiger charge is -2.23. The Morgan fingerprint density at radius 3 is 2.39 bits per heavy atom. The molecule has 1 aliphatic rings. The van der Waals surface area contributed by atoms with Gasteiger partial charge in [-0.3, -0.25) is 14.4 Å². The van der Waals surface area contributed by atoms with Gasteiger partial charge >= 0.3 is 18.2 Å². The molecular formula is C16H16F3N3O6. The van der Waals surface area contributed by atoms with Crippen LogP contribution in [0.3, 0.4) is 0 Å². The third-order valence-electron chi connectivity index (χ3n) is 3.84. The van der Waals surface area contributed by atoms with Crippen LogP contribution in [0.1, 0.15) is 16.8 Å². The largest absolute Gasteiger partial charge is 0.507 e. The summed E-state index contributed by atoms with van der Waals surface area (Å²) < 4.78 is 41.2. The predicted molar refractivity (Wildman–Crippen MR) is 86.0 cm³/mol. The normalized spacial score (nSPS) is 19.0. The van der Waals surface area contributed by atoms with E-state index in [2.05, 4.69) is 10.1 Å². The van der Waals surface area contributed by atoms with E-state index in [1.807, 2.05) is 0 Å². The molecule has 1 aromatic rings. The van der Waals surface area contributed by atoms with Crippen molar-refractivity contribution in [3.8, 4) is 0 Å². The quantitative estimate of drug-likeness (QED) is 0.622. The fourth-order valence-corrected chi connectivity index (χ4v) is 2.61. The molecule has 0 aliphatic carbocycles. The molecule has 1 heterocycles. The van der Waals surface area contributed by atoms with Crippen LogP contribution < -0.4 is 10.6 Å². The van der Waals surface area contributed by atoms with Gasteiger partial charge in [0.25, 0.3) is 5.91 Å². The molecule has 1 fully saturated rings. The first-order valence-electron chi connectivity index (χ1n) is 7.98. The summed E-state index contributed by atoms with van der Waals surface area (Å²) in [6.45, 7) is -1.20. The molecule has 28 heavy (non-hydrogen) atoms. The van der Waals surface area contributed by atoms with Gasteiger partial charge in [0.2, 0.25) is 5.91 Å². The van der Waals surface area contributed by atoms with Crippen molar-refractivity contribution in [1.29, 1.82) is 0 Å². The first-order chi connectivity index (χ1) is 13.1. The number of likely N-dealkylation sites (tertiary alicyclic amines) is 1. The van der Waals surface area contributed by atoms with E-state index in [-0.39, 0.29) is 13.0 Å². The van der Waals surface area contributed by atoms with Crippen molar-refractivity contribution in [2.75, 3.05) is 13.1 Å². The molecule has 1 aromatic carbocycles. The average molecular weight is 403 g/mol. The molecule has 3 N–H and O–H groups in total. The zero-order chi connectivity index (χ0) is 20.9. The fraction of sp³-hybridized carbons (Fsp3) is 0.375. The molecule has 2 rings (SSSR count). The number of hydrogen-bond donors (Lipinski definition) is 3. The zero-order valence-electron chi connectivity index (χ0n) is 14.2. The molecule has 0 spiro atoms. The zero-order valence-corrected chi connectivity index (χ0v) is 14.2. The molecule has 2 atom stereocenters. The number of nitrogens with zero attached hydrogens (tertiary/aromatic N) is 1. The smallest absolute Gasteiger partial charge is 0.450 e. The third-order valence-corrected chi connectivity index (χ3v) is 3.84. The summed E-state index contributed by atoms with van der Waals surface area (Å²) in [5, 5.41) is 12.8. The number of carbonyl (C=O) groups excluding carboxylic acids is 3. The minimum atomic E-state index is -5.16. The number of amides is 3. The Hall–Kier alpha value is -3.31. The van der Waals surface area contributed by atoms with E-state index < -0.39 is 48.9 Å². The van der Waals surface area contributed by atoms with Crippen LogP contribution in [-0.2, 0) is 14.3 Å². The number of nitrogens with one attached hydrogen (secondary N) is 2. The molecule has 0 saturated carbocycles. The van der Waals surface area contributed by atoms with Crippen molar-refractivity contribution in [3.63, 3.8) is 0 Å². The SMILES string of the molecule is O=C(O)O[C@H]1C[C@@H](NC(=O)c2ccccc2)CN1C(=O)CNC(=O)C(F)(F)F. The van der Waals surface area contributed by atoms with Crippen LogP contribution in [0.5, 0.6) is 0 Å². The first-order valence-corrected chi connectivity index (χ1v) is 7.98. The monoisotopic (exact) mass is 403 g/mol. The van der Waals surface area contributed by atoms with Gasteiger partial charge in [-0.25, -0.2) is 4.79 Å². The lowest BCUT2D eigenvalue weighted by atomic mass is 10.2. The van der Waals surface area contributed by atoms with Crippen LogP contribution in [-0.4, -0.2) is 65.4 Å². The molecule has 152 valence electrons. The molecule has 3 amide bonds. The van der Waals surface area contributed by atoms with Gasteiger partial charge < -0.3 is 25.4 Å². The van der Waals surface area contributed by atoms with E-state index in [0.717, 1.165) is 4.90 Å². The summed E-state index contributed by atoms with van der Waals surface area (Å²) in [4.78, 5) is 46.8. The molecular weight excluding hydrogens is 387 g/mol. The Morgan fingerprint density at radius 1 is 1.18 bits per heavy atom. The number of carbonyl (C=O) groups is 4. The van der Waals surface area contributed by atoms with E-state index in [1.165, 1.54) is 5.32 Å². The summed E-state index contributed by atoms with van der Waals surface area (Å²) in [7, 11) is 0. The number of alkyl halides is 3. The van der Waals surface area contributed by atoms with Crippen LogP contribution in [0.4, 0.5) is 18.0 Å². The van der Waals surface area contributed by atoms with Crippen molar-refractivity contribution in [2.24, 2.45) is 0 Å². The van der Waals surface area contributed by atoms with Crippen molar-refractivity contribution >= 4 is 23.9 Å². The van der Waals surface area contributed by atoms with E-state index >= 15 is 0 Å². The highest BCUT2D eigenvalue weighted by Gasteiger charge is 2.41. The van der Waals surface area contributed by atoms with Crippen molar-refractivity contribution in [2.45, 2.75) is 24.9 Å². The van der Waals surface area contributed by atoms with E-state index in [4.69, 9.17) is 5.11 Å². The van der Waals surface area contributed by atoms with Crippen LogP contribution in [0.15, 0.2) is 30.3 Å².